The van der Waals surface area contributed by atoms with E-state index in [2.05, 4.69) is 15.6 Å². The zero-order valence-electron chi connectivity index (χ0n) is 15.5. The fourth-order valence-corrected chi connectivity index (χ4v) is 3.15. The van der Waals surface area contributed by atoms with Gasteiger partial charge in [-0.1, -0.05) is 23.8 Å². The van der Waals surface area contributed by atoms with E-state index < -0.39 is 17.9 Å². The van der Waals surface area contributed by atoms with Crippen molar-refractivity contribution in [2.45, 2.75) is 39.4 Å². The van der Waals surface area contributed by atoms with E-state index in [1.54, 1.807) is 29.4 Å². The Morgan fingerprint density at radius 2 is 2.00 bits per heavy atom. The van der Waals surface area contributed by atoms with Crippen LogP contribution in [0.15, 0.2) is 42.7 Å². The third-order valence-electron chi connectivity index (χ3n) is 4.41. The molecular weight excluding hydrogens is 344 g/mol. The monoisotopic (exact) mass is 366 g/mol. The summed E-state index contributed by atoms with van der Waals surface area (Å²) in [5.74, 6) is -1.86. The number of hydrogen-bond acceptors (Lipinski definition) is 4. The molecule has 0 saturated heterocycles. The van der Waals surface area contributed by atoms with Gasteiger partial charge in [-0.25, -0.2) is 0 Å². The van der Waals surface area contributed by atoms with Gasteiger partial charge in [-0.3, -0.25) is 19.4 Å². The number of amides is 3. The van der Waals surface area contributed by atoms with Crippen LogP contribution in [0.25, 0.3) is 0 Å². The molecule has 140 valence electrons. The molecule has 7 nitrogen and oxygen atoms in total. The summed E-state index contributed by atoms with van der Waals surface area (Å²) in [4.78, 5) is 42.9. The molecule has 3 rings (SSSR count). The molecule has 0 aliphatic carbocycles. The molecule has 1 aromatic carbocycles. The number of fused-ring (bicyclic) bond motifs is 1. The summed E-state index contributed by atoms with van der Waals surface area (Å²) >= 11 is 0. The van der Waals surface area contributed by atoms with Crippen LogP contribution in [0.4, 0.5) is 5.69 Å². The Kier molecular flexibility index (Phi) is 5.21. The quantitative estimate of drug-likeness (QED) is 0.805. The van der Waals surface area contributed by atoms with E-state index >= 15 is 0 Å². The van der Waals surface area contributed by atoms with E-state index in [1.165, 1.54) is 0 Å². The lowest BCUT2D eigenvalue weighted by atomic mass is 10.1. The van der Waals surface area contributed by atoms with Gasteiger partial charge in [0.15, 0.2) is 0 Å². The first-order chi connectivity index (χ1) is 12.9. The SMILES string of the molecule is Cc1ccc2c(c1)C(NC(=O)C(=O)NCc1cccnc1)C(=O)N2C(C)C. The number of benzene rings is 1. The number of nitrogens with one attached hydrogen (secondary N) is 2. The van der Waals surface area contributed by atoms with Crippen LogP contribution in [0.3, 0.4) is 0 Å². The first kappa shape index (κ1) is 18.6. The van der Waals surface area contributed by atoms with Gasteiger partial charge in [0, 0.05) is 36.2 Å². The molecular formula is C20H22N4O3. The molecule has 0 radical (unpaired) electrons. The predicted octanol–water partition coefficient (Wildman–Crippen LogP) is 1.62. The first-order valence-electron chi connectivity index (χ1n) is 8.79. The van der Waals surface area contributed by atoms with E-state index in [0.29, 0.717) is 5.56 Å². The van der Waals surface area contributed by atoms with Crippen LogP contribution in [-0.2, 0) is 20.9 Å². The third kappa shape index (κ3) is 3.81. The van der Waals surface area contributed by atoms with Crippen molar-refractivity contribution in [2.24, 2.45) is 0 Å². The highest BCUT2D eigenvalue weighted by Gasteiger charge is 2.40. The Bertz CT molecular complexity index is 880. The molecule has 7 heteroatoms. The van der Waals surface area contributed by atoms with E-state index in [-0.39, 0.29) is 18.5 Å². The molecule has 1 atom stereocenters. The van der Waals surface area contributed by atoms with Crippen molar-refractivity contribution in [3.05, 3.63) is 59.4 Å². The summed E-state index contributed by atoms with van der Waals surface area (Å²) in [5.41, 5.74) is 3.23. The zero-order chi connectivity index (χ0) is 19.6. The minimum Gasteiger partial charge on any atom is -0.344 e. The number of aromatic nitrogens is 1. The Hall–Kier alpha value is -3.22. The molecule has 2 N–H and O–H groups in total. The maximum absolute atomic E-state index is 12.8. The summed E-state index contributed by atoms with van der Waals surface area (Å²) in [6.45, 7) is 5.92. The van der Waals surface area contributed by atoms with Crippen LogP contribution in [0.5, 0.6) is 0 Å². The number of aryl methyl sites for hydroxylation is 1. The molecule has 1 aliphatic rings. The van der Waals surface area contributed by atoms with E-state index in [9.17, 15) is 14.4 Å². The molecule has 3 amide bonds. The summed E-state index contributed by atoms with van der Waals surface area (Å²) in [6, 6.07) is 8.29. The molecule has 1 unspecified atom stereocenters. The van der Waals surface area contributed by atoms with Gasteiger partial charge in [0.25, 0.3) is 5.91 Å². The Morgan fingerprint density at radius 3 is 2.67 bits per heavy atom. The minimum atomic E-state index is -0.862. The maximum Gasteiger partial charge on any atom is 0.310 e. The molecule has 2 aromatic rings. The molecule has 0 saturated carbocycles. The second-order valence-corrected chi connectivity index (χ2v) is 6.81. The van der Waals surface area contributed by atoms with Crippen molar-refractivity contribution in [3.8, 4) is 0 Å². The van der Waals surface area contributed by atoms with Gasteiger partial charge in [-0.15, -0.1) is 0 Å². The van der Waals surface area contributed by atoms with Crippen LogP contribution in [0, 0.1) is 6.92 Å². The second kappa shape index (κ2) is 7.57. The first-order valence-corrected chi connectivity index (χ1v) is 8.79. The molecule has 27 heavy (non-hydrogen) atoms. The summed E-state index contributed by atoms with van der Waals surface area (Å²) in [6.07, 6.45) is 3.24. The average Bonchev–Trinajstić information content (AvgIpc) is 2.92. The van der Waals surface area contributed by atoms with Crippen molar-refractivity contribution in [1.82, 2.24) is 15.6 Å². The highest BCUT2D eigenvalue weighted by atomic mass is 16.2. The molecule has 0 spiro atoms. The van der Waals surface area contributed by atoms with Gasteiger partial charge in [-0.2, -0.15) is 0 Å². The fourth-order valence-electron chi connectivity index (χ4n) is 3.15. The van der Waals surface area contributed by atoms with Crippen molar-refractivity contribution in [2.75, 3.05) is 4.90 Å². The Labute approximate surface area is 157 Å². The van der Waals surface area contributed by atoms with Crippen LogP contribution in [-0.4, -0.2) is 28.7 Å². The Morgan fingerprint density at radius 1 is 1.22 bits per heavy atom. The number of carbonyl (C=O) groups excluding carboxylic acids is 3. The predicted molar refractivity (Wildman–Crippen MR) is 101 cm³/mol. The molecule has 1 aromatic heterocycles. The van der Waals surface area contributed by atoms with Gasteiger partial charge in [0.1, 0.15) is 6.04 Å². The van der Waals surface area contributed by atoms with Crippen molar-refractivity contribution >= 4 is 23.4 Å². The average molecular weight is 366 g/mol. The summed E-state index contributed by atoms with van der Waals surface area (Å²) < 4.78 is 0. The largest absolute Gasteiger partial charge is 0.344 e. The third-order valence-corrected chi connectivity index (χ3v) is 4.41. The van der Waals surface area contributed by atoms with Crippen LogP contribution < -0.4 is 15.5 Å². The molecule has 2 heterocycles. The Balaban J connectivity index is 1.72. The van der Waals surface area contributed by atoms with Gasteiger partial charge in [0.2, 0.25) is 0 Å². The van der Waals surface area contributed by atoms with E-state index in [0.717, 1.165) is 16.8 Å². The lowest BCUT2D eigenvalue weighted by molar-refractivity contribution is -0.140. The number of rotatable bonds is 4. The number of carbonyl (C=O) groups is 3. The maximum atomic E-state index is 12.8. The van der Waals surface area contributed by atoms with Crippen LogP contribution in [0.1, 0.15) is 36.6 Å². The second-order valence-electron chi connectivity index (χ2n) is 6.81. The number of pyridine rings is 1. The topological polar surface area (TPSA) is 91.4 Å². The van der Waals surface area contributed by atoms with Gasteiger partial charge >= 0.3 is 11.8 Å². The summed E-state index contributed by atoms with van der Waals surface area (Å²) in [5, 5.41) is 5.12. The standard InChI is InChI=1S/C20H22N4O3/c1-12(2)24-16-7-6-13(3)9-15(16)17(20(24)27)23-19(26)18(25)22-11-14-5-4-8-21-10-14/h4-10,12,17H,11H2,1-3H3,(H,22,25)(H,23,26). The molecule has 1 aliphatic heterocycles. The van der Waals surface area contributed by atoms with E-state index in [4.69, 9.17) is 0 Å². The number of hydrogen-bond donors (Lipinski definition) is 2. The zero-order valence-corrected chi connectivity index (χ0v) is 15.5. The van der Waals surface area contributed by atoms with Gasteiger partial charge in [-0.05, 0) is 38.5 Å². The minimum absolute atomic E-state index is 0.0553. The smallest absolute Gasteiger partial charge is 0.310 e. The molecule has 0 fully saturated rings. The van der Waals surface area contributed by atoms with Crippen molar-refractivity contribution < 1.29 is 14.4 Å². The van der Waals surface area contributed by atoms with Crippen LogP contribution in [0.2, 0.25) is 0 Å². The number of anilines is 1. The van der Waals surface area contributed by atoms with Crippen molar-refractivity contribution in [1.29, 1.82) is 0 Å². The normalized spacial score (nSPS) is 15.6. The van der Waals surface area contributed by atoms with Crippen LogP contribution >= 0.6 is 0 Å². The van der Waals surface area contributed by atoms with E-state index in [1.807, 2.05) is 39.0 Å². The highest BCUT2D eigenvalue weighted by molar-refractivity contribution is 6.35. The molecule has 0 bridgehead atoms. The lowest BCUT2D eigenvalue weighted by Gasteiger charge is -2.22. The van der Waals surface area contributed by atoms with Gasteiger partial charge < -0.3 is 15.5 Å². The van der Waals surface area contributed by atoms with Gasteiger partial charge in [0.05, 0.1) is 0 Å². The number of nitrogens with zero attached hydrogens (tertiary/aromatic N) is 2. The fraction of sp³-hybridized carbons (Fsp3) is 0.300. The highest BCUT2D eigenvalue weighted by Crippen LogP contribution is 2.37. The van der Waals surface area contributed by atoms with Crippen molar-refractivity contribution in [3.63, 3.8) is 0 Å². The lowest BCUT2D eigenvalue weighted by Crippen LogP contribution is -2.45. The summed E-state index contributed by atoms with van der Waals surface area (Å²) in [7, 11) is 0.